The normalized spacial score (nSPS) is 13.8. The van der Waals surface area contributed by atoms with E-state index < -0.39 is 0 Å². The predicted octanol–water partition coefficient (Wildman–Crippen LogP) is 4.18. The van der Waals surface area contributed by atoms with E-state index in [1.807, 2.05) is 0 Å². The van der Waals surface area contributed by atoms with E-state index >= 15 is 0 Å². The van der Waals surface area contributed by atoms with E-state index in [9.17, 15) is 0 Å². The maximum atomic E-state index is 4.82. The number of aryl methyl sites for hydroxylation is 1. The highest BCUT2D eigenvalue weighted by atomic mass is 32.2. The van der Waals surface area contributed by atoms with Crippen LogP contribution in [0.1, 0.15) is 31.0 Å². The molecule has 4 heteroatoms. The quantitative estimate of drug-likeness (QED) is 0.860. The molecule has 0 atom stereocenters. The molecule has 1 aliphatic rings. The van der Waals surface area contributed by atoms with Crippen molar-refractivity contribution in [1.82, 2.24) is 9.97 Å². The maximum absolute atomic E-state index is 4.82. The number of thioether (sulfide) groups is 1. The molecular formula is C17H21N3S. The van der Waals surface area contributed by atoms with Gasteiger partial charge in [-0.15, -0.1) is 11.8 Å². The largest absolute Gasteiger partial charge is 0.370 e. The van der Waals surface area contributed by atoms with Crippen LogP contribution in [0.25, 0.3) is 11.4 Å². The van der Waals surface area contributed by atoms with Gasteiger partial charge in [0, 0.05) is 28.3 Å². The molecule has 21 heavy (non-hydrogen) atoms. The molecule has 0 saturated heterocycles. The van der Waals surface area contributed by atoms with Gasteiger partial charge in [0.05, 0.1) is 0 Å². The molecule has 0 saturated carbocycles. The van der Waals surface area contributed by atoms with E-state index in [0.717, 1.165) is 36.6 Å². The van der Waals surface area contributed by atoms with Crippen molar-refractivity contribution in [2.45, 2.75) is 37.5 Å². The number of nitrogens with one attached hydrogen (secondary N) is 1. The van der Waals surface area contributed by atoms with E-state index in [-0.39, 0.29) is 0 Å². The monoisotopic (exact) mass is 299 g/mol. The number of benzene rings is 1. The Morgan fingerprint density at radius 3 is 2.57 bits per heavy atom. The summed E-state index contributed by atoms with van der Waals surface area (Å²) in [5.74, 6) is 1.88. The number of fused-ring (bicyclic) bond motifs is 1. The lowest BCUT2D eigenvalue weighted by Crippen LogP contribution is -2.13. The third-order valence-corrected chi connectivity index (χ3v) is 4.62. The standard InChI is InChI=1S/C17H21N3S/c1-3-18-17-14-6-4-5-7-15(14)19-16(20-17)12-8-10-13(21-2)11-9-12/h8-11H,3-7H2,1-2H3,(H,18,19,20). The lowest BCUT2D eigenvalue weighted by atomic mass is 9.96. The van der Waals surface area contributed by atoms with Crippen LogP contribution in [-0.4, -0.2) is 22.8 Å². The Labute approximate surface area is 130 Å². The number of aromatic nitrogens is 2. The Morgan fingerprint density at radius 1 is 1.10 bits per heavy atom. The smallest absolute Gasteiger partial charge is 0.161 e. The molecule has 0 bridgehead atoms. The molecule has 1 N–H and O–H groups in total. The van der Waals surface area contributed by atoms with Crippen molar-refractivity contribution >= 4 is 17.6 Å². The molecule has 3 rings (SSSR count). The summed E-state index contributed by atoms with van der Waals surface area (Å²) >= 11 is 1.75. The van der Waals surface area contributed by atoms with Gasteiger partial charge in [-0.2, -0.15) is 0 Å². The molecule has 1 aliphatic carbocycles. The van der Waals surface area contributed by atoms with Crippen molar-refractivity contribution in [3.63, 3.8) is 0 Å². The van der Waals surface area contributed by atoms with Gasteiger partial charge in [0.2, 0.25) is 0 Å². The average Bonchev–Trinajstić information content (AvgIpc) is 2.55. The fraction of sp³-hybridized carbons (Fsp3) is 0.412. The number of rotatable bonds is 4. The maximum Gasteiger partial charge on any atom is 0.161 e. The minimum atomic E-state index is 0.847. The van der Waals surface area contributed by atoms with Crippen molar-refractivity contribution in [2.75, 3.05) is 18.1 Å². The Hall–Kier alpha value is -1.55. The molecule has 0 aliphatic heterocycles. The fourth-order valence-electron chi connectivity index (χ4n) is 2.78. The van der Waals surface area contributed by atoms with Crippen molar-refractivity contribution in [3.8, 4) is 11.4 Å². The van der Waals surface area contributed by atoms with Crippen LogP contribution in [0.5, 0.6) is 0 Å². The molecule has 110 valence electrons. The third-order valence-electron chi connectivity index (χ3n) is 3.88. The van der Waals surface area contributed by atoms with Crippen LogP contribution in [0.3, 0.4) is 0 Å². The molecule has 1 aromatic carbocycles. The van der Waals surface area contributed by atoms with Gasteiger partial charge >= 0.3 is 0 Å². The zero-order chi connectivity index (χ0) is 14.7. The van der Waals surface area contributed by atoms with Gasteiger partial charge in [-0.05, 0) is 51.0 Å². The first-order chi connectivity index (χ1) is 10.3. The van der Waals surface area contributed by atoms with E-state index in [0.29, 0.717) is 0 Å². The molecule has 0 fully saturated rings. The van der Waals surface area contributed by atoms with Crippen molar-refractivity contribution in [1.29, 1.82) is 0 Å². The zero-order valence-electron chi connectivity index (χ0n) is 12.6. The van der Waals surface area contributed by atoms with E-state index in [1.54, 1.807) is 11.8 Å². The molecule has 3 nitrogen and oxygen atoms in total. The summed E-state index contributed by atoms with van der Waals surface area (Å²) < 4.78 is 0. The Balaban J connectivity index is 2.03. The van der Waals surface area contributed by atoms with Crippen LogP contribution >= 0.6 is 11.8 Å². The summed E-state index contributed by atoms with van der Waals surface area (Å²) in [5.41, 5.74) is 3.66. The van der Waals surface area contributed by atoms with Crippen molar-refractivity contribution < 1.29 is 0 Å². The predicted molar refractivity (Wildman–Crippen MR) is 90.1 cm³/mol. The summed E-state index contributed by atoms with van der Waals surface area (Å²) in [5, 5.41) is 3.41. The van der Waals surface area contributed by atoms with Crippen LogP contribution in [-0.2, 0) is 12.8 Å². The Kier molecular flexibility index (Phi) is 4.44. The Bertz CT molecular complexity index is 623. The number of hydrogen-bond acceptors (Lipinski definition) is 4. The topological polar surface area (TPSA) is 37.8 Å². The van der Waals surface area contributed by atoms with Crippen LogP contribution in [0.4, 0.5) is 5.82 Å². The summed E-state index contributed by atoms with van der Waals surface area (Å²) in [7, 11) is 0. The van der Waals surface area contributed by atoms with E-state index in [2.05, 4.69) is 42.8 Å². The zero-order valence-corrected chi connectivity index (χ0v) is 13.5. The molecular weight excluding hydrogens is 278 g/mol. The molecule has 0 unspecified atom stereocenters. The average molecular weight is 299 g/mol. The minimum Gasteiger partial charge on any atom is -0.370 e. The van der Waals surface area contributed by atoms with Gasteiger partial charge < -0.3 is 5.32 Å². The number of hydrogen-bond donors (Lipinski definition) is 1. The Morgan fingerprint density at radius 2 is 1.86 bits per heavy atom. The highest BCUT2D eigenvalue weighted by molar-refractivity contribution is 7.98. The summed E-state index contributed by atoms with van der Waals surface area (Å²) in [6.45, 7) is 3.01. The van der Waals surface area contributed by atoms with Gasteiger partial charge in [-0.1, -0.05) is 12.1 Å². The summed E-state index contributed by atoms with van der Waals surface area (Å²) in [4.78, 5) is 10.9. The number of nitrogens with zero attached hydrogens (tertiary/aromatic N) is 2. The van der Waals surface area contributed by atoms with Gasteiger partial charge in [0.1, 0.15) is 5.82 Å². The SMILES string of the molecule is CCNc1nc(-c2ccc(SC)cc2)nc2c1CCCC2. The first-order valence-corrected chi connectivity index (χ1v) is 8.82. The molecule has 2 aromatic rings. The molecule has 0 spiro atoms. The highest BCUT2D eigenvalue weighted by Gasteiger charge is 2.18. The lowest BCUT2D eigenvalue weighted by molar-refractivity contribution is 0.665. The van der Waals surface area contributed by atoms with Gasteiger partial charge in [-0.3, -0.25) is 0 Å². The second-order valence-electron chi connectivity index (χ2n) is 5.29. The van der Waals surface area contributed by atoms with Crippen LogP contribution in [0.15, 0.2) is 29.2 Å². The van der Waals surface area contributed by atoms with Crippen molar-refractivity contribution in [2.24, 2.45) is 0 Å². The molecule has 0 amide bonds. The number of anilines is 1. The lowest BCUT2D eigenvalue weighted by Gasteiger charge is -2.19. The highest BCUT2D eigenvalue weighted by Crippen LogP contribution is 2.29. The summed E-state index contributed by atoms with van der Waals surface area (Å²) in [6, 6.07) is 8.50. The van der Waals surface area contributed by atoms with Crippen LogP contribution in [0, 0.1) is 0 Å². The van der Waals surface area contributed by atoms with Gasteiger partial charge in [0.15, 0.2) is 5.82 Å². The summed E-state index contributed by atoms with van der Waals surface area (Å²) in [6.07, 6.45) is 6.75. The van der Waals surface area contributed by atoms with Gasteiger partial charge in [0.25, 0.3) is 0 Å². The van der Waals surface area contributed by atoms with Gasteiger partial charge in [-0.25, -0.2) is 9.97 Å². The molecule has 1 aromatic heterocycles. The first-order valence-electron chi connectivity index (χ1n) is 7.60. The fourth-order valence-corrected chi connectivity index (χ4v) is 3.19. The van der Waals surface area contributed by atoms with Crippen LogP contribution < -0.4 is 5.32 Å². The molecule has 0 radical (unpaired) electrons. The van der Waals surface area contributed by atoms with E-state index in [4.69, 9.17) is 9.97 Å². The molecule has 1 heterocycles. The second kappa shape index (κ2) is 6.48. The minimum absolute atomic E-state index is 0.847. The second-order valence-corrected chi connectivity index (χ2v) is 6.17. The van der Waals surface area contributed by atoms with Crippen LogP contribution in [0.2, 0.25) is 0 Å². The van der Waals surface area contributed by atoms with Crippen molar-refractivity contribution in [3.05, 3.63) is 35.5 Å². The van der Waals surface area contributed by atoms with E-state index in [1.165, 1.54) is 29.0 Å². The first kappa shape index (κ1) is 14.4. The third kappa shape index (κ3) is 3.05.